The van der Waals surface area contributed by atoms with Crippen LogP contribution in [0.5, 0.6) is 0 Å². The van der Waals surface area contributed by atoms with Crippen LogP contribution in [-0.2, 0) is 5.41 Å². The highest BCUT2D eigenvalue weighted by molar-refractivity contribution is 8.03. The number of benzene rings is 6. The third kappa shape index (κ3) is 4.71. The number of rotatable bonds is 4. The summed E-state index contributed by atoms with van der Waals surface area (Å²) >= 11 is 1.90. The summed E-state index contributed by atoms with van der Waals surface area (Å²) in [7, 11) is 0. The molecule has 0 saturated heterocycles. The lowest BCUT2D eigenvalue weighted by atomic mass is 9.65. The van der Waals surface area contributed by atoms with Gasteiger partial charge in [-0.05, 0) is 63.1 Å². The van der Waals surface area contributed by atoms with Gasteiger partial charge in [0.2, 0.25) is 0 Å². The van der Waals surface area contributed by atoms with Crippen molar-refractivity contribution in [1.29, 1.82) is 0 Å². The standard InChI is InChI=1S/C47H31N3S/c1-4-15-32(16-5-1)44-48-45(33-17-6-2-7-18-33)50-46(49-44)34-29-27-31(28-30-34)35-20-14-24-40-43(35)36-19-10-11-21-37(36)47(40)38-22-8-3-9-25-41(38)51-42-26-13-12-23-39(42)47/h1-21,23-30H,22H2. The smallest absolute Gasteiger partial charge is 0.164 e. The zero-order chi connectivity index (χ0) is 33.8. The summed E-state index contributed by atoms with van der Waals surface area (Å²) in [4.78, 5) is 17.5. The molecule has 51 heavy (non-hydrogen) atoms. The molecule has 0 saturated carbocycles. The molecule has 3 nitrogen and oxygen atoms in total. The zero-order valence-corrected chi connectivity index (χ0v) is 28.5. The normalized spacial score (nSPS) is 16.7. The summed E-state index contributed by atoms with van der Waals surface area (Å²) in [5, 5.41) is 0. The van der Waals surface area contributed by atoms with E-state index in [9.17, 15) is 0 Å². The van der Waals surface area contributed by atoms with Gasteiger partial charge in [0.25, 0.3) is 0 Å². The van der Waals surface area contributed by atoms with Crippen LogP contribution in [0, 0.1) is 0 Å². The number of allylic oxidation sites excluding steroid dienone is 5. The average molecular weight is 670 g/mol. The van der Waals surface area contributed by atoms with E-state index < -0.39 is 0 Å². The third-order valence-electron chi connectivity index (χ3n) is 10.3. The van der Waals surface area contributed by atoms with Crippen molar-refractivity contribution in [2.75, 3.05) is 0 Å². The summed E-state index contributed by atoms with van der Waals surface area (Å²) in [5.74, 6) is 1.98. The molecule has 3 aliphatic rings. The number of thioether (sulfide) groups is 1. The lowest BCUT2D eigenvalue weighted by Crippen LogP contribution is -2.32. The Balaban J connectivity index is 1.14. The number of hydrogen-bond donors (Lipinski definition) is 0. The molecule has 0 bridgehead atoms. The first-order valence-electron chi connectivity index (χ1n) is 17.3. The van der Waals surface area contributed by atoms with Crippen LogP contribution in [-0.4, -0.2) is 15.0 Å². The topological polar surface area (TPSA) is 38.7 Å². The summed E-state index contributed by atoms with van der Waals surface area (Å²) < 4.78 is 0. The SMILES string of the molecule is C1=CCC2=C(C=C1)Sc1ccccc1C21c2ccccc2-c2c(-c3ccc(-c4nc(-c5ccccc5)nc(-c5ccccc5)n4)cc3)cccc21. The van der Waals surface area contributed by atoms with Crippen LogP contribution in [0.25, 0.3) is 56.4 Å². The predicted octanol–water partition coefficient (Wildman–Crippen LogP) is 11.7. The van der Waals surface area contributed by atoms with Crippen molar-refractivity contribution in [2.24, 2.45) is 0 Å². The van der Waals surface area contributed by atoms with Crippen LogP contribution in [0.2, 0.25) is 0 Å². The van der Waals surface area contributed by atoms with E-state index in [0.29, 0.717) is 17.5 Å². The number of fused-ring (bicyclic) bond motifs is 8. The quantitative estimate of drug-likeness (QED) is 0.187. The molecule has 6 aromatic carbocycles. The van der Waals surface area contributed by atoms with Crippen molar-refractivity contribution in [3.8, 4) is 56.4 Å². The molecule has 240 valence electrons. The molecule has 1 aliphatic heterocycles. The Morgan fingerprint density at radius 1 is 0.451 bits per heavy atom. The molecule has 0 N–H and O–H groups in total. The molecule has 2 aliphatic carbocycles. The molecule has 1 spiro atoms. The van der Waals surface area contributed by atoms with Gasteiger partial charge in [-0.25, -0.2) is 15.0 Å². The van der Waals surface area contributed by atoms with Crippen molar-refractivity contribution < 1.29 is 0 Å². The van der Waals surface area contributed by atoms with Crippen molar-refractivity contribution in [3.05, 3.63) is 203 Å². The highest BCUT2D eigenvalue weighted by Crippen LogP contribution is 2.64. The van der Waals surface area contributed by atoms with Crippen molar-refractivity contribution in [3.63, 3.8) is 0 Å². The van der Waals surface area contributed by atoms with Gasteiger partial charge in [0.15, 0.2) is 17.5 Å². The number of aromatic nitrogens is 3. The van der Waals surface area contributed by atoms with Crippen LogP contribution >= 0.6 is 11.8 Å². The molecule has 1 aromatic heterocycles. The predicted molar refractivity (Wildman–Crippen MR) is 209 cm³/mol. The maximum Gasteiger partial charge on any atom is 0.164 e. The first kappa shape index (κ1) is 29.8. The van der Waals surface area contributed by atoms with E-state index in [1.165, 1.54) is 48.8 Å². The van der Waals surface area contributed by atoms with Gasteiger partial charge < -0.3 is 0 Å². The van der Waals surface area contributed by atoms with Gasteiger partial charge in [-0.2, -0.15) is 0 Å². The summed E-state index contributed by atoms with van der Waals surface area (Å²) in [6, 6.07) is 53.9. The monoisotopic (exact) mass is 669 g/mol. The molecule has 0 radical (unpaired) electrons. The minimum Gasteiger partial charge on any atom is -0.208 e. The molecule has 1 atom stereocenters. The van der Waals surface area contributed by atoms with Crippen LogP contribution in [0.4, 0.5) is 0 Å². The molecular weight excluding hydrogens is 639 g/mol. The van der Waals surface area contributed by atoms with Gasteiger partial charge >= 0.3 is 0 Å². The molecule has 0 fully saturated rings. The molecular formula is C47H31N3S. The van der Waals surface area contributed by atoms with E-state index in [2.05, 4.69) is 115 Å². The van der Waals surface area contributed by atoms with E-state index in [-0.39, 0.29) is 5.41 Å². The summed E-state index contributed by atoms with van der Waals surface area (Å²) in [6.45, 7) is 0. The van der Waals surface area contributed by atoms with Crippen LogP contribution in [0.15, 0.2) is 191 Å². The zero-order valence-electron chi connectivity index (χ0n) is 27.7. The third-order valence-corrected chi connectivity index (χ3v) is 11.5. The van der Waals surface area contributed by atoms with Crippen molar-refractivity contribution in [2.45, 2.75) is 16.7 Å². The van der Waals surface area contributed by atoms with Gasteiger partial charge in [0, 0.05) is 26.5 Å². The maximum absolute atomic E-state index is 4.97. The Morgan fingerprint density at radius 3 is 1.71 bits per heavy atom. The first-order chi connectivity index (χ1) is 25.3. The second-order valence-corrected chi connectivity index (χ2v) is 14.2. The Bertz CT molecular complexity index is 2510. The van der Waals surface area contributed by atoms with Gasteiger partial charge in [-0.15, -0.1) is 0 Å². The largest absolute Gasteiger partial charge is 0.208 e. The molecule has 0 amide bonds. The molecule has 7 aromatic rings. The second kappa shape index (κ2) is 12.0. The van der Waals surface area contributed by atoms with Crippen LogP contribution in [0.3, 0.4) is 0 Å². The Kier molecular flexibility index (Phi) is 7.03. The molecule has 10 rings (SSSR count). The minimum atomic E-state index is -0.370. The van der Waals surface area contributed by atoms with E-state index in [0.717, 1.165) is 28.7 Å². The second-order valence-electron chi connectivity index (χ2n) is 13.1. The lowest BCUT2D eigenvalue weighted by Gasteiger charge is -2.41. The van der Waals surface area contributed by atoms with Crippen LogP contribution in [0.1, 0.15) is 23.1 Å². The van der Waals surface area contributed by atoms with E-state index in [1.54, 1.807) is 0 Å². The molecule has 2 heterocycles. The van der Waals surface area contributed by atoms with E-state index in [4.69, 9.17) is 15.0 Å². The van der Waals surface area contributed by atoms with E-state index >= 15 is 0 Å². The fourth-order valence-corrected chi connectivity index (χ4v) is 9.33. The van der Waals surface area contributed by atoms with E-state index in [1.807, 2.05) is 72.4 Å². The number of nitrogens with zero attached hydrogens (tertiary/aromatic N) is 3. The fraction of sp³-hybridized carbons (Fsp3) is 0.0426. The lowest BCUT2D eigenvalue weighted by molar-refractivity contribution is 0.704. The Labute approximate surface area is 301 Å². The first-order valence-corrected chi connectivity index (χ1v) is 18.2. The minimum absolute atomic E-state index is 0.370. The Hall–Kier alpha value is -6.10. The van der Waals surface area contributed by atoms with Gasteiger partial charge in [0.1, 0.15) is 0 Å². The Morgan fingerprint density at radius 2 is 1.00 bits per heavy atom. The van der Waals surface area contributed by atoms with Crippen molar-refractivity contribution >= 4 is 11.8 Å². The molecule has 4 heteroatoms. The van der Waals surface area contributed by atoms with Crippen molar-refractivity contribution in [1.82, 2.24) is 15.0 Å². The average Bonchev–Trinajstić information content (AvgIpc) is 3.30. The fourth-order valence-electron chi connectivity index (χ4n) is 8.11. The summed E-state index contributed by atoms with van der Waals surface area (Å²) in [5.41, 5.74) is 13.0. The highest BCUT2D eigenvalue weighted by Gasteiger charge is 2.51. The van der Waals surface area contributed by atoms with Gasteiger partial charge in [-0.1, -0.05) is 176 Å². The molecule has 1 unspecified atom stereocenters. The van der Waals surface area contributed by atoms with Gasteiger partial charge in [0.05, 0.1) is 5.41 Å². The van der Waals surface area contributed by atoms with Crippen LogP contribution < -0.4 is 0 Å². The van der Waals surface area contributed by atoms with Gasteiger partial charge in [-0.3, -0.25) is 0 Å². The number of hydrogen-bond acceptors (Lipinski definition) is 4. The highest BCUT2D eigenvalue weighted by atomic mass is 32.2. The summed E-state index contributed by atoms with van der Waals surface area (Å²) in [6.07, 6.45) is 9.89. The maximum atomic E-state index is 4.97.